The molecule has 5 aliphatic rings. The number of allylic oxidation sites excluding steroid dienone is 2. The Morgan fingerprint density at radius 1 is 0.816 bits per heavy atom. The molecule has 5 heteroatoms. The maximum Gasteiger partial charge on any atom is 0.186 e. The number of aliphatic hydroxyl groups excluding tert-OH is 3. The van der Waals surface area contributed by atoms with Crippen LogP contribution in [0.3, 0.4) is 0 Å². The van der Waals surface area contributed by atoms with E-state index in [1.54, 1.807) is 0 Å². The van der Waals surface area contributed by atoms with Crippen LogP contribution in [0, 0.1) is 58.2 Å². The number of hydrogen-bond acceptors (Lipinski definition) is 5. The predicted octanol–water partition coefficient (Wildman–Crippen LogP) is 5.95. The molecule has 14 atom stereocenters. The van der Waals surface area contributed by atoms with Crippen molar-refractivity contribution in [2.24, 2.45) is 58.2 Å². The van der Waals surface area contributed by atoms with E-state index in [9.17, 15) is 15.3 Å². The zero-order chi connectivity index (χ0) is 27.4. The summed E-state index contributed by atoms with van der Waals surface area (Å²) in [6.45, 7) is 14.7. The molecule has 0 aromatic rings. The maximum absolute atomic E-state index is 10.4. The lowest BCUT2D eigenvalue weighted by Gasteiger charge is -2.61. The first kappa shape index (κ1) is 29.0. The van der Waals surface area contributed by atoms with E-state index in [4.69, 9.17) is 9.47 Å². The van der Waals surface area contributed by atoms with Gasteiger partial charge < -0.3 is 24.8 Å². The van der Waals surface area contributed by atoms with Gasteiger partial charge in [-0.2, -0.15) is 0 Å². The third-order valence-electron chi connectivity index (χ3n) is 12.9. The van der Waals surface area contributed by atoms with Gasteiger partial charge in [-0.3, -0.25) is 0 Å². The van der Waals surface area contributed by atoms with Crippen LogP contribution in [0.1, 0.15) is 99.3 Å². The van der Waals surface area contributed by atoms with Crippen molar-refractivity contribution in [3.63, 3.8) is 0 Å². The second kappa shape index (κ2) is 11.1. The molecule has 1 saturated heterocycles. The van der Waals surface area contributed by atoms with Crippen LogP contribution in [0.4, 0.5) is 0 Å². The van der Waals surface area contributed by atoms with Crippen LogP contribution in [0.5, 0.6) is 0 Å². The van der Waals surface area contributed by atoms with E-state index in [1.807, 2.05) is 0 Å². The highest BCUT2D eigenvalue weighted by molar-refractivity contribution is 5.11. The fourth-order valence-corrected chi connectivity index (χ4v) is 10.0. The van der Waals surface area contributed by atoms with Crippen LogP contribution >= 0.6 is 0 Å². The second-order valence-corrected chi connectivity index (χ2v) is 15.0. The molecule has 3 N–H and O–H groups in total. The zero-order valence-corrected chi connectivity index (χ0v) is 24.9. The third kappa shape index (κ3) is 5.06. The van der Waals surface area contributed by atoms with Crippen LogP contribution in [0.15, 0.2) is 12.2 Å². The van der Waals surface area contributed by atoms with Gasteiger partial charge in [0.15, 0.2) is 6.29 Å². The molecule has 0 aromatic carbocycles. The Hall–Kier alpha value is -0.460. The normalized spacial score (nSPS) is 50.9. The Morgan fingerprint density at radius 3 is 2.26 bits per heavy atom. The Kier molecular flexibility index (Phi) is 8.47. The van der Waals surface area contributed by atoms with E-state index in [0.29, 0.717) is 34.5 Å². The molecule has 5 rings (SSSR count). The molecule has 4 saturated carbocycles. The van der Waals surface area contributed by atoms with Gasteiger partial charge in [-0.25, -0.2) is 0 Å². The van der Waals surface area contributed by atoms with E-state index >= 15 is 0 Å². The maximum atomic E-state index is 10.4. The Bertz CT molecular complexity index is 843. The molecule has 1 heterocycles. The SMILES string of the molecule is CC(C)C(C)C=CC(C)C1CCC2C3CCC4CC(OC5OCC(O)C(O)C5O)CCC4(C)C3CCC12C. The molecular formula is C33H56O5. The average molecular weight is 533 g/mol. The van der Waals surface area contributed by atoms with Crippen molar-refractivity contribution >= 4 is 0 Å². The number of aliphatic hydroxyl groups is 3. The summed E-state index contributed by atoms with van der Waals surface area (Å²) in [6, 6.07) is 0. The molecule has 38 heavy (non-hydrogen) atoms. The fraction of sp³-hybridized carbons (Fsp3) is 0.939. The number of rotatable bonds is 6. The van der Waals surface area contributed by atoms with Crippen LogP contribution in [-0.4, -0.2) is 52.6 Å². The first-order valence-corrected chi connectivity index (χ1v) is 15.9. The van der Waals surface area contributed by atoms with Gasteiger partial charge in [0.05, 0.1) is 12.7 Å². The molecule has 4 aliphatic carbocycles. The molecule has 1 aliphatic heterocycles. The van der Waals surface area contributed by atoms with E-state index in [-0.39, 0.29) is 12.7 Å². The minimum Gasteiger partial charge on any atom is -0.388 e. The summed E-state index contributed by atoms with van der Waals surface area (Å²) >= 11 is 0. The fourth-order valence-electron chi connectivity index (χ4n) is 10.0. The second-order valence-electron chi connectivity index (χ2n) is 15.0. The average Bonchev–Trinajstić information content (AvgIpc) is 3.24. The minimum atomic E-state index is -1.21. The quantitative estimate of drug-likeness (QED) is 0.291. The molecular weight excluding hydrogens is 476 g/mol. The number of fused-ring (bicyclic) bond motifs is 5. The summed E-state index contributed by atoms with van der Waals surface area (Å²) in [5.74, 6) is 6.04. The molecule has 0 bridgehead atoms. The van der Waals surface area contributed by atoms with Gasteiger partial charge in [0, 0.05) is 0 Å². The first-order chi connectivity index (χ1) is 18.0. The van der Waals surface area contributed by atoms with Gasteiger partial charge in [0.25, 0.3) is 0 Å². The summed E-state index contributed by atoms with van der Waals surface area (Å²) < 4.78 is 11.8. The molecule has 218 valence electrons. The number of ether oxygens (including phenoxy) is 2. The number of hydrogen-bond donors (Lipinski definition) is 3. The standard InChI is InChI=1S/C33H56O5/c1-19(2)20(3)7-8-21(4)25-11-12-26-24-10-9-22-17-23(38-31-30(36)29(35)28(34)18-37-31)13-15-32(22,5)27(24)14-16-33(25,26)6/h7-8,19-31,34-36H,9-18H2,1-6H3. The van der Waals surface area contributed by atoms with Gasteiger partial charge in [-0.05, 0) is 116 Å². The van der Waals surface area contributed by atoms with Crippen molar-refractivity contribution in [2.45, 2.75) is 130 Å². The molecule has 0 amide bonds. The van der Waals surface area contributed by atoms with Crippen molar-refractivity contribution in [1.29, 1.82) is 0 Å². The molecule has 0 spiro atoms. The van der Waals surface area contributed by atoms with Crippen LogP contribution in [0.2, 0.25) is 0 Å². The largest absolute Gasteiger partial charge is 0.388 e. The van der Waals surface area contributed by atoms with Crippen LogP contribution in [-0.2, 0) is 9.47 Å². The van der Waals surface area contributed by atoms with Crippen molar-refractivity contribution in [3.05, 3.63) is 12.2 Å². The lowest BCUT2D eigenvalue weighted by Crippen LogP contribution is -2.56. The van der Waals surface area contributed by atoms with Gasteiger partial charge in [-0.1, -0.05) is 53.7 Å². The summed E-state index contributed by atoms with van der Waals surface area (Å²) in [6.07, 6.45) is 12.2. The van der Waals surface area contributed by atoms with Crippen molar-refractivity contribution in [3.8, 4) is 0 Å². The van der Waals surface area contributed by atoms with Gasteiger partial charge in [-0.15, -0.1) is 0 Å². The predicted molar refractivity (Wildman–Crippen MR) is 150 cm³/mol. The highest BCUT2D eigenvalue weighted by Crippen LogP contribution is 2.68. The lowest BCUT2D eigenvalue weighted by molar-refractivity contribution is -0.289. The Balaban J connectivity index is 1.23. The minimum absolute atomic E-state index is 0.00677. The summed E-state index contributed by atoms with van der Waals surface area (Å²) in [5, 5.41) is 30.2. The molecule has 0 aromatic heterocycles. The van der Waals surface area contributed by atoms with Crippen molar-refractivity contribution < 1.29 is 24.8 Å². The summed E-state index contributed by atoms with van der Waals surface area (Å²) in [4.78, 5) is 0. The Morgan fingerprint density at radius 2 is 1.53 bits per heavy atom. The van der Waals surface area contributed by atoms with Crippen molar-refractivity contribution in [1.82, 2.24) is 0 Å². The lowest BCUT2D eigenvalue weighted by atomic mass is 9.44. The molecule has 5 nitrogen and oxygen atoms in total. The van der Waals surface area contributed by atoms with Gasteiger partial charge in [0.1, 0.15) is 18.3 Å². The zero-order valence-electron chi connectivity index (χ0n) is 24.9. The summed E-state index contributed by atoms with van der Waals surface area (Å²) in [7, 11) is 0. The summed E-state index contributed by atoms with van der Waals surface area (Å²) in [5.41, 5.74) is 0.859. The first-order valence-electron chi connectivity index (χ1n) is 15.9. The topological polar surface area (TPSA) is 79.2 Å². The van der Waals surface area contributed by atoms with E-state index in [1.165, 1.54) is 44.9 Å². The molecule has 5 fully saturated rings. The van der Waals surface area contributed by atoms with E-state index in [0.717, 1.165) is 36.5 Å². The van der Waals surface area contributed by atoms with Gasteiger partial charge >= 0.3 is 0 Å². The van der Waals surface area contributed by atoms with Crippen molar-refractivity contribution in [2.75, 3.05) is 6.61 Å². The highest BCUT2D eigenvalue weighted by atomic mass is 16.7. The molecule has 0 radical (unpaired) electrons. The smallest absolute Gasteiger partial charge is 0.186 e. The highest BCUT2D eigenvalue weighted by Gasteiger charge is 2.60. The van der Waals surface area contributed by atoms with Gasteiger partial charge in [0.2, 0.25) is 0 Å². The Labute approximate surface area is 231 Å². The van der Waals surface area contributed by atoms with E-state index in [2.05, 4.69) is 53.7 Å². The molecule has 14 unspecified atom stereocenters. The van der Waals surface area contributed by atoms with Crippen LogP contribution in [0.25, 0.3) is 0 Å². The monoisotopic (exact) mass is 532 g/mol. The van der Waals surface area contributed by atoms with E-state index < -0.39 is 24.6 Å². The van der Waals surface area contributed by atoms with Crippen LogP contribution < -0.4 is 0 Å². The third-order valence-corrected chi connectivity index (χ3v) is 12.9.